The predicted molar refractivity (Wildman–Crippen MR) is 107 cm³/mol. The number of methoxy groups -OCH3 is 2. The molecule has 2 aromatic rings. The van der Waals surface area contributed by atoms with E-state index in [0.29, 0.717) is 18.0 Å². The van der Waals surface area contributed by atoms with E-state index in [1.165, 1.54) is 11.0 Å². The Kier molecular flexibility index (Phi) is 7.63. The zero-order chi connectivity index (χ0) is 20.5. The molecule has 0 spiro atoms. The number of rotatable bonds is 8. The van der Waals surface area contributed by atoms with Gasteiger partial charge >= 0.3 is 5.97 Å². The summed E-state index contributed by atoms with van der Waals surface area (Å²) in [6.07, 6.45) is 2.84. The summed E-state index contributed by atoms with van der Waals surface area (Å²) in [6, 6.07) is 13.1. The molecule has 6 nitrogen and oxygen atoms in total. The average Bonchev–Trinajstić information content (AvgIpc) is 2.71. The van der Waals surface area contributed by atoms with Gasteiger partial charge in [-0.2, -0.15) is 0 Å². The lowest BCUT2D eigenvalue weighted by atomic mass is 10.1. The molecule has 0 aliphatic carbocycles. The van der Waals surface area contributed by atoms with Crippen LogP contribution in [-0.2, 0) is 20.9 Å². The Labute approximate surface area is 165 Å². The minimum absolute atomic E-state index is 0.270. The third-order valence-electron chi connectivity index (χ3n) is 4.22. The fraction of sp³-hybridized carbons (Fsp3) is 0.273. The van der Waals surface area contributed by atoms with Gasteiger partial charge in [0.25, 0.3) is 5.91 Å². The van der Waals surface area contributed by atoms with Crippen LogP contribution >= 0.6 is 0 Å². The third kappa shape index (κ3) is 6.16. The second kappa shape index (κ2) is 10.2. The molecule has 2 aromatic carbocycles. The number of likely N-dealkylation sites (N-methyl/N-ethyl adjacent to an activating group) is 1. The fourth-order valence-corrected chi connectivity index (χ4v) is 2.51. The highest BCUT2D eigenvalue weighted by Crippen LogP contribution is 2.23. The molecule has 28 heavy (non-hydrogen) atoms. The molecule has 0 aromatic heterocycles. The Balaban J connectivity index is 1.88. The zero-order valence-electron chi connectivity index (χ0n) is 16.6. The average molecular weight is 383 g/mol. The summed E-state index contributed by atoms with van der Waals surface area (Å²) in [4.78, 5) is 25.7. The van der Waals surface area contributed by atoms with Gasteiger partial charge in [0, 0.05) is 25.7 Å². The SMILES string of the molecule is COc1cc(/C=C/C(=O)OCC(=O)N(C)Cc2ccccc2C)cc(OC)c1. The Morgan fingerprint density at radius 1 is 1.04 bits per heavy atom. The fourth-order valence-electron chi connectivity index (χ4n) is 2.51. The van der Waals surface area contributed by atoms with Crippen LogP contribution in [0.4, 0.5) is 0 Å². The van der Waals surface area contributed by atoms with Crippen molar-refractivity contribution in [2.45, 2.75) is 13.5 Å². The molecule has 0 atom stereocenters. The molecule has 0 fully saturated rings. The van der Waals surface area contributed by atoms with Crippen LogP contribution in [0.2, 0.25) is 0 Å². The number of esters is 1. The molecule has 0 bridgehead atoms. The number of benzene rings is 2. The molecule has 0 N–H and O–H groups in total. The second-order valence-corrected chi connectivity index (χ2v) is 6.26. The molecule has 0 unspecified atom stereocenters. The zero-order valence-corrected chi connectivity index (χ0v) is 16.6. The minimum Gasteiger partial charge on any atom is -0.497 e. The van der Waals surface area contributed by atoms with E-state index in [-0.39, 0.29) is 12.5 Å². The molecular formula is C22H25NO5. The van der Waals surface area contributed by atoms with Gasteiger partial charge in [0.1, 0.15) is 11.5 Å². The van der Waals surface area contributed by atoms with Gasteiger partial charge in [-0.1, -0.05) is 24.3 Å². The smallest absolute Gasteiger partial charge is 0.331 e. The van der Waals surface area contributed by atoms with Gasteiger partial charge in [-0.3, -0.25) is 4.79 Å². The van der Waals surface area contributed by atoms with E-state index in [9.17, 15) is 9.59 Å². The van der Waals surface area contributed by atoms with Crippen molar-refractivity contribution in [3.63, 3.8) is 0 Å². The molecule has 2 rings (SSSR count). The lowest BCUT2D eigenvalue weighted by Gasteiger charge is -2.18. The molecule has 0 saturated carbocycles. The van der Waals surface area contributed by atoms with Crippen LogP contribution in [0, 0.1) is 6.92 Å². The summed E-state index contributed by atoms with van der Waals surface area (Å²) >= 11 is 0. The first-order chi connectivity index (χ1) is 13.4. The highest BCUT2D eigenvalue weighted by Gasteiger charge is 2.12. The van der Waals surface area contributed by atoms with Crippen LogP contribution in [-0.4, -0.2) is 44.7 Å². The number of nitrogens with zero attached hydrogens (tertiary/aromatic N) is 1. The van der Waals surface area contributed by atoms with E-state index >= 15 is 0 Å². The molecule has 0 radical (unpaired) electrons. The number of aryl methyl sites for hydroxylation is 1. The van der Waals surface area contributed by atoms with Crippen molar-refractivity contribution in [3.05, 3.63) is 65.2 Å². The Bertz CT molecular complexity index is 838. The van der Waals surface area contributed by atoms with Gasteiger partial charge in [0.2, 0.25) is 0 Å². The summed E-state index contributed by atoms with van der Waals surface area (Å²) in [6.45, 7) is 2.14. The van der Waals surface area contributed by atoms with Gasteiger partial charge in [-0.15, -0.1) is 0 Å². The lowest BCUT2D eigenvalue weighted by Crippen LogP contribution is -2.30. The quantitative estimate of drug-likeness (QED) is 0.517. The largest absolute Gasteiger partial charge is 0.497 e. The summed E-state index contributed by atoms with van der Waals surface area (Å²) in [7, 11) is 4.78. The molecule has 0 aliphatic heterocycles. The summed E-state index contributed by atoms with van der Waals surface area (Å²) in [5, 5.41) is 0. The monoisotopic (exact) mass is 383 g/mol. The number of amides is 1. The maximum atomic E-state index is 12.2. The molecule has 6 heteroatoms. The topological polar surface area (TPSA) is 65.1 Å². The van der Waals surface area contributed by atoms with Crippen molar-refractivity contribution in [2.75, 3.05) is 27.9 Å². The summed E-state index contributed by atoms with van der Waals surface area (Å²) in [5.41, 5.74) is 2.88. The standard InChI is InChI=1S/C22H25NO5/c1-16-7-5-6-8-18(16)14-23(2)21(24)15-28-22(25)10-9-17-11-19(26-3)13-20(12-17)27-4/h5-13H,14-15H2,1-4H3/b10-9+. The first-order valence-corrected chi connectivity index (χ1v) is 8.79. The van der Waals surface area contributed by atoms with E-state index in [1.807, 2.05) is 31.2 Å². The first kappa shape index (κ1) is 21.0. The molecule has 0 aliphatic rings. The van der Waals surface area contributed by atoms with Crippen LogP contribution in [0.25, 0.3) is 6.08 Å². The molecule has 148 valence electrons. The van der Waals surface area contributed by atoms with Crippen molar-refractivity contribution in [1.29, 1.82) is 0 Å². The van der Waals surface area contributed by atoms with Crippen molar-refractivity contribution in [2.24, 2.45) is 0 Å². The molecular weight excluding hydrogens is 358 g/mol. The van der Waals surface area contributed by atoms with Crippen LogP contribution in [0.5, 0.6) is 11.5 Å². The molecule has 1 amide bonds. The number of hydrogen-bond donors (Lipinski definition) is 0. The highest BCUT2D eigenvalue weighted by molar-refractivity contribution is 5.89. The maximum absolute atomic E-state index is 12.2. The minimum atomic E-state index is -0.598. The normalized spacial score (nSPS) is 10.6. The molecule has 0 heterocycles. The van der Waals surface area contributed by atoms with Gasteiger partial charge in [0.05, 0.1) is 14.2 Å². The van der Waals surface area contributed by atoms with Crippen LogP contribution in [0.1, 0.15) is 16.7 Å². The van der Waals surface area contributed by atoms with E-state index in [4.69, 9.17) is 14.2 Å². The van der Waals surface area contributed by atoms with Crippen molar-refractivity contribution < 1.29 is 23.8 Å². The van der Waals surface area contributed by atoms with E-state index in [1.54, 1.807) is 45.5 Å². The van der Waals surface area contributed by atoms with Crippen molar-refractivity contribution in [1.82, 2.24) is 4.90 Å². The van der Waals surface area contributed by atoms with Gasteiger partial charge < -0.3 is 19.1 Å². The van der Waals surface area contributed by atoms with Crippen LogP contribution < -0.4 is 9.47 Å². The van der Waals surface area contributed by atoms with Crippen LogP contribution in [0.3, 0.4) is 0 Å². The number of carbonyl (C=O) groups is 2. The van der Waals surface area contributed by atoms with E-state index in [0.717, 1.165) is 16.7 Å². The molecule has 0 saturated heterocycles. The van der Waals surface area contributed by atoms with E-state index < -0.39 is 5.97 Å². The highest BCUT2D eigenvalue weighted by atomic mass is 16.5. The lowest BCUT2D eigenvalue weighted by molar-refractivity contribution is -0.147. The van der Waals surface area contributed by atoms with E-state index in [2.05, 4.69) is 0 Å². The summed E-state index contributed by atoms with van der Waals surface area (Å²) < 4.78 is 15.4. The van der Waals surface area contributed by atoms with Gasteiger partial charge in [0.15, 0.2) is 6.61 Å². The Morgan fingerprint density at radius 3 is 2.29 bits per heavy atom. The second-order valence-electron chi connectivity index (χ2n) is 6.26. The van der Waals surface area contributed by atoms with Gasteiger partial charge in [-0.05, 0) is 41.8 Å². The van der Waals surface area contributed by atoms with Crippen LogP contribution in [0.15, 0.2) is 48.5 Å². The Hall–Kier alpha value is -3.28. The van der Waals surface area contributed by atoms with Crippen molar-refractivity contribution >= 4 is 18.0 Å². The number of hydrogen-bond acceptors (Lipinski definition) is 5. The third-order valence-corrected chi connectivity index (χ3v) is 4.22. The summed E-state index contributed by atoms with van der Waals surface area (Å²) in [5.74, 6) is 0.355. The Morgan fingerprint density at radius 2 is 1.68 bits per heavy atom. The maximum Gasteiger partial charge on any atom is 0.331 e. The van der Waals surface area contributed by atoms with Gasteiger partial charge in [-0.25, -0.2) is 4.79 Å². The number of carbonyl (C=O) groups excluding carboxylic acids is 2. The predicted octanol–water partition coefficient (Wildman–Crippen LogP) is 3.23. The first-order valence-electron chi connectivity index (χ1n) is 8.79. The van der Waals surface area contributed by atoms with Crippen molar-refractivity contribution in [3.8, 4) is 11.5 Å². The number of ether oxygens (including phenoxy) is 3.